The van der Waals surface area contributed by atoms with E-state index in [1.54, 1.807) is 0 Å². The van der Waals surface area contributed by atoms with Crippen LogP contribution in [0.1, 0.15) is 0 Å². The van der Waals surface area contributed by atoms with E-state index < -0.39 is 11.9 Å². The molecule has 64 valence electrons. The van der Waals surface area contributed by atoms with Crippen LogP contribution in [0.3, 0.4) is 0 Å². The average molecular weight is 231 g/mol. The molecule has 0 rings (SSSR count). The molecule has 0 atom stereocenters. The average Bonchev–Trinajstić information content (AvgIpc) is 1.85. The largest absolute Gasteiger partial charge is 0.433 e. The van der Waals surface area contributed by atoms with E-state index in [0.29, 0.717) is 0 Å². The van der Waals surface area contributed by atoms with Gasteiger partial charge >= 0.3 is 6.18 Å². The minimum absolute atomic E-state index is 0.312. The van der Waals surface area contributed by atoms with E-state index in [1.807, 2.05) is 0 Å². The fourth-order valence-corrected chi connectivity index (χ4v) is 0.788. The van der Waals surface area contributed by atoms with Crippen LogP contribution < -0.4 is 5.32 Å². The number of hydrogen-bond donors (Lipinski definition) is 2. The lowest BCUT2D eigenvalue weighted by Crippen LogP contribution is -2.22. The summed E-state index contributed by atoms with van der Waals surface area (Å²) in [5.41, 5.74) is -1.40. The zero-order valence-corrected chi connectivity index (χ0v) is 7.18. The van der Waals surface area contributed by atoms with E-state index in [4.69, 9.17) is 5.41 Å². The monoisotopic (exact) mass is 230 g/mol. The summed E-state index contributed by atoms with van der Waals surface area (Å²) in [4.78, 5) is 0. The first-order valence-corrected chi connectivity index (χ1v) is 3.38. The fraction of sp³-hybridized carbons (Fsp3) is 0.400. The third-order valence-corrected chi connectivity index (χ3v) is 1.42. The van der Waals surface area contributed by atoms with Crippen LogP contribution in [0.25, 0.3) is 0 Å². The molecule has 2 nitrogen and oxygen atoms in total. The molecule has 0 saturated heterocycles. The lowest BCUT2D eigenvalue weighted by Gasteiger charge is -2.06. The van der Waals surface area contributed by atoms with Gasteiger partial charge in [-0.2, -0.15) is 13.2 Å². The highest BCUT2D eigenvalue weighted by Crippen LogP contribution is 2.23. The zero-order chi connectivity index (χ0) is 9.07. The number of halogens is 4. The van der Waals surface area contributed by atoms with Crippen molar-refractivity contribution in [2.75, 3.05) is 7.05 Å². The quantitative estimate of drug-likeness (QED) is 0.700. The predicted molar refractivity (Wildman–Crippen MR) is 39.9 cm³/mol. The van der Waals surface area contributed by atoms with E-state index in [2.05, 4.69) is 21.2 Å². The van der Waals surface area contributed by atoms with Gasteiger partial charge < -0.3 is 5.32 Å². The molecule has 6 heteroatoms. The minimum Gasteiger partial charge on any atom is -0.393 e. The van der Waals surface area contributed by atoms with Crippen molar-refractivity contribution in [3.63, 3.8) is 0 Å². The van der Waals surface area contributed by atoms with Crippen LogP contribution in [0.5, 0.6) is 0 Å². The summed E-state index contributed by atoms with van der Waals surface area (Å²) in [5, 5.41) is 8.94. The third-order valence-electron chi connectivity index (χ3n) is 0.793. The van der Waals surface area contributed by atoms with Crippen molar-refractivity contribution < 1.29 is 13.2 Å². The Morgan fingerprint density at radius 1 is 1.55 bits per heavy atom. The van der Waals surface area contributed by atoms with Gasteiger partial charge in [0.2, 0.25) is 0 Å². The molecular formula is C5H6BrF3N2. The van der Waals surface area contributed by atoms with Gasteiger partial charge in [-0.3, -0.25) is 5.41 Å². The highest BCUT2D eigenvalue weighted by molar-refractivity contribution is 9.12. The van der Waals surface area contributed by atoms with Gasteiger partial charge in [0.25, 0.3) is 0 Å². The molecule has 0 aliphatic heterocycles. The lowest BCUT2D eigenvalue weighted by molar-refractivity contribution is -0.0585. The van der Waals surface area contributed by atoms with Crippen molar-refractivity contribution >= 4 is 21.6 Å². The Hall–Kier alpha value is -0.520. The Bertz CT molecular complexity index is 185. The van der Waals surface area contributed by atoms with E-state index in [-0.39, 0.29) is 4.48 Å². The molecule has 11 heavy (non-hydrogen) atoms. The SMILES string of the molecule is CN/C=C(/Br)C(=N)C(F)(F)F. The van der Waals surface area contributed by atoms with Crippen molar-refractivity contribution in [2.45, 2.75) is 6.18 Å². The molecular weight excluding hydrogens is 225 g/mol. The Kier molecular flexibility index (Phi) is 3.57. The highest BCUT2D eigenvalue weighted by Gasteiger charge is 2.35. The summed E-state index contributed by atoms with van der Waals surface area (Å²) in [6.07, 6.45) is -3.54. The summed E-state index contributed by atoms with van der Waals surface area (Å²) in [5.74, 6) is 0. The molecule has 0 aliphatic rings. The first-order chi connectivity index (χ1) is 4.89. The van der Waals surface area contributed by atoms with Gasteiger partial charge in [0.05, 0.1) is 4.48 Å². The van der Waals surface area contributed by atoms with Crippen LogP contribution in [0.15, 0.2) is 10.7 Å². The Morgan fingerprint density at radius 3 is 2.27 bits per heavy atom. The molecule has 0 bridgehead atoms. The van der Waals surface area contributed by atoms with Crippen molar-refractivity contribution in [3.05, 3.63) is 10.7 Å². The maximum Gasteiger partial charge on any atom is 0.433 e. The summed E-state index contributed by atoms with van der Waals surface area (Å²) in [6.45, 7) is 0. The summed E-state index contributed by atoms with van der Waals surface area (Å²) >= 11 is 2.59. The van der Waals surface area contributed by atoms with Crippen LogP contribution in [0.2, 0.25) is 0 Å². The van der Waals surface area contributed by atoms with Crippen LogP contribution >= 0.6 is 15.9 Å². The van der Waals surface area contributed by atoms with Crippen LogP contribution in [0.4, 0.5) is 13.2 Å². The third kappa shape index (κ3) is 3.41. The number of allylic oxidation sites excluding steroid dienone is 1. The summed E-state index contributed by atoms with van der Waals surface area (Å²) in [7, 11) is 1.45. The van der Waals surface area contributed by atoms with E-state index in [9.17, 15) is 13.2 Å². The molecule has 0 aliphatic carbocycles. The Morgan fingerprint density at radius 2 is 2.00 bits per heavy atom. The van der Waals surface area contributed by atoms with Gasteiger partial charge in [0, 0.05) is 13.2 Å². The van der Waals surface area contributed by atoms with Crippen LogP contribution in [0, 0.1) is 5.41 Å². The predicted octanol–water partition coefficient (Wildman–Crippen LogP) is 2.02. The van der Waals surface area contributed by atoms with Crippen LogP contribution in [-0.2, 0) is 0 Å². The molecule has 0 aromatic heterocycles. The number of rotatable bonds is 2. The minimum atomic E-state index is -4.59. The van der Waals surface area contributed by atoms with Crippen molar-refractivity contribution in [1.82, 2.24) is 5.32 Å². The second-order valence-corrected chi connectivity index (χ2v) is 2.51. The topological polar surface area (TPSA) is 35.9 Å². The van der Waals surface area contributed by atoms with Gasteiger partial charge in [0.1, 0.15) is 0 Å². The molecule has 0 saturated carbocycles. The molecule has 0 radical (unpaired) electrons. The summed E-state index contributed by atoms with van der Waals surface area (Å²) in [6, 6.07) is 0. The van der Waals surface area contributed by atoms with E-state index >= 15 is 0 Å². The van der Waals surface area contributed by atoms with E-state index in [1.165, 1.54) is 7.05 Å². The lowest BCUT2D eigenvalue weighted by atomic mass is 10.3. The molecule has 0 spiro atoms. The first kappa shape index (κ1) is 10.5. The Balaban J connectivity index is 4.39. The number of hydrogen-bond acceptors (Lipinski definition) is 2. The number of nitrogens with one attached hydrogen (secondary N) is 2. The van der Waals surface area contributed by atoms with Crippen molar-refractivity contribution in [2.24, 2.45) is 0 Å². The molecule has 0 heterocycles. The molecule has 0 amide bonds. The van der Waals surface area contributed by atoms with Crippen LogP contribution in [-0.4, -0.2) is 18.9 Å². The Labute approximate surface area is 70.1 Å². The van der Waals surface area contributed by atoms with Crippen molar-refractivity contribution in [3.8, 4) is 0 Å². The maximum absolute atomic E-state index is 11.7. The second kappa shape index (κ2) is 3.75. The first-order valence-electron chi connectivity index (χ1n) is 2.58. The van der Waals surface area contributed by atoms with E-state index in [0.717, 1.165) is 6.20 Å². The van der Waals surface area contributed by atoms with Gasteiger partial charge in [-0.05, 0) is 15.9 Å². The molecule has 2 N–H and O–H groups in total. The highest BCUT2D eigenvalue weighted by atomic mass is 79.9. The zero-order valence-electron chi connectivity index (χ0n) is 5.59. The standard InChI is InChI=1S/C5H6BrF3N2/c1-11-2-3(6)4(10)5(7,8)9/h2,10-11H,1H3/b3-2+,10-4?. The normalized spacial score (nSPS) is 13.0. The molecule has 0 aromatic carbocycles. The smallest absolute Gasteiger partial charge is 0.393 e. The molecule has 0 aromatic rings. The molecule has 0 fully saturated rings. The number of alkyl halides is 3. The van der Waals surface area contributed by atoms with Gasteiger partial charge in [-0.15, -0.1) is 0 Å². The van der Waals surface area contributed by atoms with Gasteiger partial charge in [0.15, 0.2) is 5.71 Å². The summed E-state index contributed by atoms with van der Waals surface area (Å²) < 4.78 is 34.8. The molecule has 0 unspecified atom stereocenters. The van der Waals surface area contributed by atoms with Crippen molar-refractivity contribution in [1.29, 1.82) is 5.41 Å². The fourth-order valence-electron chi connectivity index (χ4n) is 0.334. The maximum atomic E-state index is 11.7. The van der Waals surface area contributed by atoms with Gasteiger partial charge in [-0.25, -0.2) is 0 Å². The second-order valence-electron chi connectivity index (χ2n) is 1.65. The van der Waals surface area contributed by atoms with Gasteiger partial charge in [-0.1, -0.05) is 0 Å².